The Hall–Kier alpha value is -3.24. The van der Waals surface area contributed by atoms with Crippen LogP contribution < -0.4 is 15.8 Å². The van der Waals surface area contributed by atoms with E-state index in [0.29, 0.717) is 29.5 Å². The number of hydrogen-bond acceptors (Lipinski definition) is 8. The summed E-state index contributed by atoms with van der Waals surface area (Å²) < 4.78 is 30.4. The SMILES string of the molecule is CC(=N)c1c(N)nc(-c2ccc(NSc3cc(F)ccc3F)cc2C)nc1NCCN1CCCC1. The Morgan fingerprint density at radius 3 is 2.63 bits per heavy atom. The summed E-state index contributed by atoms with van der Waals surface area (Å²) in [7, 11) is 0. The average molecular weight is 498 g/mol. The lowest BCUT2D eigenvalue weighted by atomic mass is 10.1. The molecule has 0 bridgehead atoms. The number of anilines is 3. The van der Waals surface area contributed by atoms with Crippen LogP contribution in [0.1, 0.15) is 30.9 Å². The molecule has 7 nitrogen and oxygen atoms in total. The number of benzene rings is 2. The minimum absolute atomic E-state index is 0.171. The number of aromatic nitrogens is 2. The Morgan fingerprint density at radius 1 is 1.14 bits per heavy atom. The van der Waals surface area contributed by atoms with E-state index in [9.17, 15) is 8.78 Å². The molecule has 1 saturated heterocycles. The molecule has 0 atom stereocenters. The number of nitrogens with zero attached hydrogens (tertiary/aromatic N) is 3. The summed E-state index contributed by atoms with van der Waals surface area (Å²) in [4.78, 5) is 11.8. The van der Waals surface area contributed by atoms with Gasteiger partial charge in [-0.3, -0.25) is 0 Å². The summed E-state index contributed by atoms with van der Waals surface area (Å²) in [6.07, 6.45) is 2.46. The topological polar surface area (TPSA) is 103 Å². The number of aryl methyl sites for hydroxylation is 1. The standard InChI is InChI=1S/C25H29F2N7S/c1-15-13-18(33-35-21-14-17(26)5-8-20(21)27)6-7-19(15)24-31-23(29)22(16(2)28)25(32-24)30-9-12-34-10-3-4-11-34/h5-8,13-14,28,33H,3-4,9-12H2,1-2H3,(H3,29,30,31,32). The van der Waals surface area contributed by atoms with Crippen molar-refractivity contribution in [3.8, 4) is 11.4 Å². The predicted octanol–water partition coefficient (Wildman–Crippen LogP) is 5.33. The fourth-order valence-electron chi connectivity index (χ4n) is 4.08. The molecule has 1 aliphatic rings. The molecule has 0 unspecified atom stereocenters. The molecule has 4 rings (SSSR count). The monoisotopic (exact) mass is 497 g/mol. The summed E-state index contributed by atoms with van der Waals surface area (Å²) in [5, 5.41) is 11.5. The molecule has 3 aromatic rings. The lowest BCUT2D eigenvalue weighted by molar-refractivity contribution is 0.352. The van der Waals surface area contributed by atoms with Crippen LogP contribution in [0.3, 0.4) is 0 Å². The minimum atomic E-state index is -0.495. The Morgan fingerprint density at radius 2 is 1.91 bits per heavy atom. The number of likely N-dealkylation sites (tertiary alicyclic amines) is 1. The summed E-state index contributed by atoms with van der Waals surface area (Å²) in [5.74, 6) is 0.282. The van der Waals surface area contributed by atoms with E-state index in [4.69, 9.17) is 16.1 Å². The van der Waals surface area contributed by atoms with Gasteiger partial charge >= 0.3 is 0 Å². The maximum absolute atomic E-state index is 13.9. The molecule has 0 saturated carbocycles. The van der Waals surface area contributed by atoms with Crippen molar-refractivity contribution in [3.05, 3.63) is 59.2 Å². The molecule has 0 radical (unpaired) electrons. The van der Waals surface area contributed by atoms with Crippen molar-refractivity contribution in [1.82, 2.24) is 14.9 Å². The molecule has 0 spiro atoms. The highest BCUT2D eigenvalue weighted by Crippen LogP contribution is 2.30. The largest absolute Gasteiger partial charge is 0.383 e. The second-order valence-electron chi connectivity index (χ2n) is 8.57. The van der Waals surface area contributed by atoms with Gasteiger partial charge in [-0.25, -0.2) is 18.7 Å². The van der Waals surface area contributed by atoms with Gasteiger partial charge in [0.25, 0.3) is 0 Å². The number of halogens is 2. The molecule has 2 heterocycles. The first-order chi connectivity index (χ1) is 16.8. The second-order valence-corrected chi connectivity index (χ2v) is 9.41. The van der Waals surface area contributed by atoms with Crippen LogP contribution >= 0.6 is 11.9 Å². The summed E-state index contributed by atoms with van der Waals surface area (Å²) >= 11 is 1.00. The molecule has 2 aromatic carbocycles. The Balaban J connectivity index is 1.53. The minimum Gasteiger partial charge on any atom is -0.383 e. The van der Waals surface area contributed by atoms with E-state index in [1.54, 1.807) is 6.92 Å². The predicted molar refractivity (Wildman–Crippen MR) is 139 cm³/mol. The number of nitrogens with two attached hydrogens (primary N) is 1. The van der Waals surface area contributed by atoms with Crippen LogP contribution in [0.25, 0.3) is 11.4 Å². The van der Waals surface area contributed by atoms with E-state index >= 15 is 0 Å². The number of nitrogens with one attached hydrogen (secondary N) is 3. The van der Waals surface area contributed by atoms with Crippen LogP contribution in [-0.4, -0.2) is 46.8 Å². The van der Waals surface area contributed by atoms with Gasteiger partial charge in [0.15, 0.2) is 5.82 Å². The molecule has 35 heavy (non-hydrogen) atoms. The molecule has 1 aromatic heterocycles. The number of hydrogen-bond donors (Lipinski definition) is 4. The Kier molecular flexibility index (Phi) is 7.82. The van der Waals surface area contributed by atoms with Crippen molar-refractivity contribution in [2.75, 3.05) is 42.0 Å². The van der Waals surface area contributed by atoms with Crippen LogP contribution in [0.15, 0.2) is 41.3 Å². The summed E-state index contributed by atoms with van der Waals surface area (Å²) in [6.45, 7) is 7.41. The van der Waals surface area contributed by atoms with Crippen molar-refractivity contribution in [2.24, 2.45) is 0 Å². The van der Waals surface area contributed by atoms with Gasteiger partial charge in [-0.05, 0) is 93.7 Å². The number of nitrogen functional groups attached to an aromatic ring is 1. The van der Waals surface area contributed by atoms with Crippen LogP contribution in [0.5, 0.6) is 0 Å². The van der Waals surface area contributed by atoms with Gasteiger partial charge in [0.1, 0.15) is 23.3 Å². The number of rotatable bonds is 9. The Bertz CT molecular complexity index is 1230. The van der Waals surface area contributed by atoms with Gasteiger partial charge in [0, 0.05) is 30.1 Å². The van der Waals surface area contributed by atoms with Gasteiger partial charge in [-0.15, -0.1) is 0 Å². The molecule has 1 fully saturated rings. The molecule has 10 heteroatoms. The van der Waals surface area contributed by atoms with Crippen molar-refractivity contribution in [2.45, 2.75) is 31.6 Å². The third-order valence-corrected chi connectivity index (χ3v) is 6.74. The van der Waals surface area contributed by atoms with Crippen LogP contribution in [0.2, 0.25) is 0 Å². The first-order valence-electron chi connectivity index (χ1n) is 11.5. The van der Waals surface area contributed by atoms with E-state index in [1.807, 2.05) is 25.1 Å². The average Bonchev–Trinajstić information content (AvgIpc) is 3.32. The van der Waals surface area contributed by atoms with Crippen molar-refractivity contribution >= 4 is 35.0 Å². The molecular weight excluding hydrogens is 468 g/mol. The first-order valence-corrected chi connectivity index (χ1v) is 12.3. The van der Waals surface area contributed by atoms with E-state index in [2.05, 4.69) is 19.9 Å². The van der Waals surface area contributed by atoms with E-state index in [1.165, 1.54) is 12.8 Å². The maximum Gasteiger partial charge on any atom is 0.164 e. The molecular formula is C25H29F2N7S. The fraction of sp³-hybridized carbons (Fsp3) is 0.320. The normalized spacial score (nSPS) is 13.7. The first kappa shape index (κ1) is 24.9. The lowest BCUT2D eigenvalue weighted by Gasteiger charge is -2.18. The lowest BCUT2D eigenvalue weighted by Crippen LogP contribution is -2.26. The zero-order valence-corrected chi connectivity index (χ0v) is 20.6. The van der Waals surface area contributed by atoms with Crippen LogP contribution in [0, 0.1) is 24.0 Å². The molecule has 184 valence electrons. The van der Waals surface area contributed by atoms with E-state index in [0.717, 1.165) is 66.6 Å². The van der Waals surface area contributed by atoms with Gasteiger partial charge in [0.05, 0.1) is 10.5 Å². The zero-order valence-electron chi connectivity index (χ0n) is 19.8. The van der Waals surface area contributed by atoms with E-state index in [-0.39, 0.29) is 10.7 Å². The smallest absolute Gasteiger partial charge is 0.164 e. The second kappa shape index (κ2) is 11.0. The van der Waals surface area contributed by atoms with E-state index < -0.39 is 11.6 Å². The fourth-order valence-corrected chi connectivity index (χ4v) is 4.77. The quantitative estimate of drug-likeness (QED) is 0.234. The van der Waals surface area contributed by atoms with Gasteiger partial charge in [-0.2, -0.15) is 0 Å². The van der Waals surface area contributed by atoms with Gasteiger partial charge in [-0.1, -0.05) is 0 Å². The summed E-state index contributed by atoms with van der Waals surface area (Å²) in [5.41, 5.74) is 9.47. The Labute approximate surface area is 208 Å². The molecule has 0 amide bonds. The third kappa shape index (κ3) is 6.07. The van der Waals surface area contributed by atoms with Crippen LogP contribution in [0.4, 0.5) is 26.1 Å². The van der Waals surface area contributed by atoms with Crippen LogP contribution in [-0.2, 0) is 0 Å². The highest BCUT2D eigenvalue weighted by atomic mass is 32.2. The van der Waals surface area contributed by atoms with Gasteiger partial charge in [0.2, 0.25) is 0 Å². The zero-order chi connectivity index (χ0) is 24.9. The highest BCUT2D eigenvalue weighted by molar-refractivity contribution is 8.00. The molecule has 5 N–H and O–H groups in total. The highest BCUT2D eigenvalue weighted by Gasteiger charge is 2.18. The third-order valence-electron chi connectivity index (χ3n) is 5.87. The maximum atomic E-state index is 13.9. The summed E-state index contributed by atoms with van der Waals surface area (Å²) in [6, 6.07) is 8.91. The van der Waals surface area contributed by atoms with Crippen molar-refractivity contribution in [1.29, 1.82) is 5.41 Å². The van der Waals surface area contributed by atoms with Gasteiger partial charge < -0.3 is 26.1 Å². The van der Waals surface area contributed by atoms with Crippen molar-refractivity contribution < 1.29 is 8.78 Å². The molecule has 0 aliphatic carbocycles. The van der Waals surface area contributed by atoms with Crippen molar-refractivity contribution in [3.63, 3.8) is 0 Å². The molecule has 1 aliphatic heterocycles.